The summed E-state index contributed by atoms with van der Waals surface area (Å²) in [7, 11) is 0. The van der Waals surface area contributed by atoms with Crippen molar-refractivity contribution in [2.75, 3.05) is 6.54 Å². The van der Waals surface area contributed by atoms with Crippen LogP contribution in [0, 0.1) is 11.7 Å². The molecule has 0 radical (unpaired) electrons. The number of benzene rings is 1. The van der Waals surface area contributed by atoms with Crippen LogP contribution in [0.5, 0.6) is 5.75 Å². The molecule has 0 bridgehead atoms. The van der Waals surface area contributed by atoms with Gasteiger partial charge in [-0.2, -0.15) is 0 Å². The molecule has 1 unspecified atom stereocenters. The van der Waals surface area contributed by atoms with E-state index < -0.39 is 5.54 Å². The van der Waals surface area contributed by atoms with E-state index in [2.05, 4.69) is 5.32 Å². The number of hydrogen-bond acceptors (Lipinski definition) is 4. The number of hydrogen-bond donors (Lipinski definition) is 2. The first kappa shape index (κ1) is 16.5. The smallest absolute Gasteiger partial charge is 0.287 e. The predicted octanol–water partition coefficient (Wildman–Crippen LogP) is 2.85. The first-order valence-electron chi connectivity index (χ1n) is 8.00. The summed E-state index contributed by atoms with van der Waals surface area (Å²) in [6, 6.07) is 9.02. The molecule has 128 valence electrons. The molecule has 1 aromatic carbocycles. The van der Waals surface area contributed by atoms with Crippen molar-refractivity contribution in [3.8, 4) is 5.75 Å². The van der Waals surface area contributed by atoms with E-state index in [1.54, 1.807) is 12.1 Å². The van der Waals surface area contributed by atoms with Crippen LogP contribution < -0.4 is 15.8 Å². The van der Waals surface area contributed by atoms with Crippen LogP contribution >= 0.6 is 0 Å². The number of carbonyl (C=O) groups is 1. The number of rotatable bonds is 7. The highest BCUT2D eigenvalue weighted by Crippen LogP contribution is 2.39. The lowest BCUT2D eigenvalue weighted by Gasteiger charge is -2.28. The Morgan fingerprint density at radius 3 is 2.67 bits per heavy atom. The van der Waals surface area contributed by atoms with E-state index in [0.717, 1.165) is 12.8 Å². The quantitative estimate of drug-likeness (QED) is 0.817. The van der Waals surface area contributed by atoms with Gasteiger partial charge in [-0.05, 0) is 62.1 Å². The Labute approximate surface area is 140 Å². The maximum atomic E-state index is 12.8. The van der Waals surface area contributed by atoms with E-state index in [1.807, 2.05) is 6.92 Å². The summed E-state index contributed by atoms with van der Waals surface area (Å²) in [5.41, 5.74) is 5.42. The van der Waals surface area contributed by atoms with E-state index in [1.165, 1.54) is 24.3 Å². The van der Waals surface area contributed by atoms with Crippen LogP contribution in [0.1, 0.15) is 36.1 Å². The van der Waals surface area contributed by atoms with Gasteiger partial charge in [0.05, 0.1) is 5.54 Å². The summed E-state index contributed by atoms with van der Waals surface area (Å²) in [5, 5.41) is 2.97. The highest BCUT2D eigenvalue weighted by atomic mass is 19.1. The van der Waals surface area contributed by atoms with Crippen LogP contribution in [0.2, 0.25) is 0 Å². The molecule has 1 aliphatic carbocycles. The van der Waals surface area contributed by atoms with Gasteiger partial charge in [-0.1, -0.05) is 0 Å². The summed E-state index contributed by atoms with van der Waals surface area (Å²) in [5.74, 6) is 1.12. The minimum Gasteiger partial charge on any atom is -0.486 e. The van der Waals surface area contributed by atoms with Crippen LogP contribution in [0.3, 0.4) is 0 Å². The fourth-order valence-electron chi connectivity index (χ4n) is 2.62. The second-order valence-corrected chi connectivity index (χ2v) is 6.36. The fourth-order valence-corrected chi connectivity index (χ4v) is 2.62. The van der Waals surface area contributed by atoms with E-state index in [0.29, 0.717) is 24.0 Å². The Balaban J connectivity index is 1.58. The zero-order valence-corrected chi connectivity index (χ0v) is 13.5. The molecule has 1 aliphatic rings. The van der Waals surface area contributed by atoms with E-state index in [4.69, 9.17) is 14.9 Å². The summed E-state index contributed by atoms with van der Waals surface area (Å²) >= 11 is 0. The van der Waals surface area contributed by atoms with Crippen molar-refractivity contribution in [1.29, 1.82) is 0 Å². The molecule has 24 heavy (non-hydrogen) atoms. The van der Waals surface area contributed by atoms with E-state index >= 15 is 0 Å². The molecule has 6 heteroatoms. The molecule has 0 saturated heterocycles. The monoisotopic (exact) mass is 332 g/mol. The molecule has 1 fully saturated rings. The molecule has 3 N–H and O–H groups in total. The van der Waals surface area contributed by atoms with Crippen LogP contribution in [0.4, 0.5) is 4.39 Å². The van der Waals surface area contributed by atoms with Crippen LogP contribution in [0.15, 0.2) is 40.8 Å². The maximum absolute atomic E-state index is 12.8. The standard InChI is InChI=1S/C18H21FN2O3/c1-18(11-20,12-2-3-12)21-17(22)16-9-8-15(24-16)10-23-14-6-4-13(19)5-7-14/h4-9,12H,2-3,10-11,20H2,1H3,(H,21,22). The van der Waals surface area contributed by atoms with Crippen molar-refractivity contribution < 1.29 is 18.3 Å². The topological polar surface area (TPSA) is 77.5 Å². The fraction of sp³-hybridized carbons (Fsp3) is 0.389. The molecule has 1 aromatic heterocycles. The van der Waals surface area contributed by atoms with Gasteiger partial charge in [0.2, 0.25) is 0 Å². The summed E-state index contributed by atoms with van der Waals surface area (Å²) in [6.45, 7) is 2.52. The average Bonchev–Trinajstić information content (AvgIpc) is 3.33. The first-order chi connectivity index (χ1) is 11.5. The molecule has 1 atom stereocenters. The van der Waals surface area contributed by atoms with Gasteiger partial charge in [0.25, 0.3) is 5.91 Å². The normalized spacial score (nSPS) is 16.5. The molecule has 2 aromatic rings. The Bertz CT molecular complexity index is 709. The van der Waals surface area contributed by atoms with Gasteiger partial charge in [-0.25, -0.2) is 4.39 Å². The van der Waals surface area contributed by atoms with Crippen molar-refractivity contribution >= 4 is 5.91 Å². The second-order valence-electron chi connectivity index (χ2n) is 6.36. The Hall–Kier alpha value is -2.34. The molecule has 1 saturated carbocycles. The number of amides is 1. The lowest BCUT2D eigenvalue weighted by atomic mass is 9.96. The molecule has 1 amide bonds. The molecule has 0 spiro atoms. The Morgan fingerprint density at radius 1 is 1.33 bits per heavy atom. The molecular weight excluding hydrogens is 311 g/mol. The SMILES string of the molecule is CC(CN)(NC(=O)c1ccc(COc2ccc(F)cc2)o1)C1CC1. The second kappa shape index (κ2) is 6.65. The largest absolute Gasteiger partial charge is 0.486 e. The number of furan rings is 1. The summed E-state index contributed by atoms with van der Waals surface area (Å²) < 4.78 is 23.9. The first-order valence-corrected chi connectivity index (χ1v) is 8.00. The zero-order valence-electron chi connectivity index (χ0n) is 13.5. The third kappa shape index (κ3) is 3.76. The van der Waals surface area contributed by atoms with Gasteiger partial charge >= 0.3 is 0 Å². The Morgan fingerprint density at radius 2 is 2.04 bits per heavy atom. The predicted molar refractivity (Wildman–Crippen MR) is 87.1 cm³/mol. The maximum Gasteiger partial charge on any atom is 0.287 e. The van der Waals surface area contributed by atoms with E-state index in [9.17, 15) is 9.18 Å². The molecular formula is C18H21FN2O3. The number of carbonyl (C=O) groups excluding carboxylic acids is 1. The Kier molecular flexibility index (Phi) is 4.57. The van der Waals surface area contributed by atoms with Gasteiger partial charge in [0, 0.05) is 6.54 Å². The van der Waals surface area contributed by atoms with Gasteiger partial charge < -0.3 is 20.2 Å². The molecule has 3 rings (SSSR count). The van der Waals surface area contributed by atoms with Crippen LogP contribution in [-0.4, -0.2) is 18.0 Å². The molecule has 1 heterocycles. The van der Waals surface area contributed by atoms with Gasteiger partial charge in [-0.15, -0.1) is 0 Å². The number of halogens is 1. The summed E-state index contributed by atoms with van der Waals surface area (Å²) in [6.07, 6.45) is 2.17. The van der Waals surface area contributed by atoms with Gasteiger partial charge in [0.1, 0.15) is 23.9 Å². The van der Waals surface area contributed by atoms with Crippen molar-refractivity contribution in [2.24, 2.45) is 11.7 Å². The minimum atomic E-state index is -0.394. The van der Waals surface area contributed by atoms with Gasteiger partial charge in [0.15, 0.2) is 5.76 Å². The van der Waals surface area contributed by atoms with Crippen molar-refractivity contribution in [3.63, 3.8) is 0 Å². The van der Waals surface area contributed by atoms with E-state index in [-0.39, 0.29) is 24.1 Å². The van der Waals surface area contributed by atoms with Crippen LogP contribution in [-0.2, 0) is 6.61 Å². The number of nitrogens with two attached hydrogens (primary N) is 1. The van der Waals surface area contributed by atoms with Crippen molar-refractivity contribution in [3.05, 3.63) is 53.7 Å². The highest BCUT2D eigenvalue weighted by molar-refractivity contribution is 5.92. The highest BCUT2D eigenvalue weighted by Gasteiger charge is 2.42. The molecule has 5 nitrogen and oxygen atoms in total. The lowest BCUT2D eigenvalue weighted by molar-refractivity contribution is 0.0865. The summed E-state index contributed by atoms with van der Waals surface area (Å²) in [4.78, 5) is 12.3. The number of nitrogens with one attached hydrogen (secondary N) is 1. The third-order valence-electron chi connectivity index (χ3n) is 4.38. The van der Waals surface area contributed by atoms with Crippen molar-refractivity contribution in [1.82, 2.24) is 5.32 Å². The number of ether oxygens (including phenoxy) is 1. The molecule has 0 aliphatic heterocycles. The minimum absolute atomic E-state index is 0.162. The average molecular weight is 332 g/mol. The van der Waals surface area contributed by atoms with Crippen LogP contribution in [0.25, 0.3) is 0 Å². The zero-order chi connectivity index (χ0) is 17.2. The third-order valence-corrected chi connectivity index (χ3v) is 4.38. The lowest BCUT2D eigenvalue weighted by Crippen LogP contribution is -2.53. The van der Waals surface area contributed by atoms with Crippen molar-refractivity contribution in [2.45, 2.75) is 31.9 Å². The van der Waals surface area contributed by atoms with Gasteiger partial charge in [-0.3, -0.25) is 4.79 Å².